The van der Waals surface area contributed by atoms with Gasteiger partial charge in [-0.15, -0.1) is 0 Å². The van der Waals surface area contributed by atoms with Crippen molar-refractivity contribution < 1.29 is 0 Å². The SMILES string of the molecule is Cc1cc(Cl)cc(C(N)c2cccc3cccnc23)c1. The van der Waals surface area contributed by atoms with E-state index >= 15 is 0 Å². The van der Waals surface area contributed by atoms with E-state index in [0.29, 0.717) is 5.02 Å². The lowest BCUT2D eigenvalue weighted by atomic mass is 9.96. The molecule has 3 heteroatoms. The molecule has 1 heterocycles. The minimum atomic E-state index is -0.231. The van der Waals surface area contributed by atoms with E-state index in [-0.39, 0.29) is 6.04 Å². The van der Waals surface area contributed by atoms with Gasteiger partial charge in [0, 0.05) is 16.6 Å². The van der Waals surface area contributed by atoms with Crippen LogP contribution in [0.3, 0.4) is 0 Å². The third-order valence-electron chi connectivity index (χ3n) is 3.42. The monoisotopic (exact) mass is 282 g/mol. The zero-order valence-electron chi connectivity index (χ0n) is 11.2. The van der Waals surface area contributed by atoms with Crippen molar-refractivity contribution in [1.29, 1.82) is 0 Å². The van der Waals surface area contributed by atoms with Gasteiger partial charge < -0.3 is 5.73 Å². The lowest BCUT2D eigenvalue weighted by Gasteiger charge is -2.15. The van der Waals surface area contributed by atoms with Crippen molar-refractivity contribution in [3.05, 3.63) is 76.4 Å². The minimum absolute atomic E-state index is 0.231. The van der Waals surface area contributed by atoms with E-state index in [1.807, 2.05) is 49.4 Å². The molecule has 0 radical (unpaired) electrons. The first-order valence-corrected chi connectivity index (χ1v) is 6.89. The van der Waals surface area contributed by atoms with E-state index in [9.17, 15) is 0 Å². The molecule has 0 aliphatic heterocycles. The molecule has 0 bridgehead atoms. The maximum atomic E-state index is 6.42. The maximum Gasteiger partial charge on any atom is 0.0753 e. The predicted octanol–water partition coefficient (Wildman–Crippen LogP) is 4.24. The Morgan fingerprint density at radius 2 is 1.90 bits per heavy atom. The largest absolute Gasteiger partial charge is 0.320 e. The van der Waals surface area contributed by atoms with Crippen molar-refractivity contribution in [2.45, 2.75) is 13.0 Å². The second kappa shape index (κ2) is 5.23. The van der Waals surface area contributed by atoms with Gasteiger partial charge in [0.1, 0.15) is 0 Å². The molecule has 1 aromatic heterocycles. The summed E-state index contributed by atoms with van der Waals surface area (Å²) in [6.07, 6.45) is 1.79. The van der Waals surface area contributed by atoms with Crippen molar-refractivity contribution in [2.24, 2.45) is 5.73 Å². The third-order valence-corrected chi connectivity index (χ3v) is 3.64. The fraction of sp³-hybridized carbons (Fsp3) is 0.118. The molecule has 3 aromatic rings. The van der Waals surface area contributed by atoms with Crippen molar-refractivity contribution in [1.82, 2.24) is 4.98 Å². The smallest absolute Gasteiger partial charge is 0.0753 e. The van der Waals surface area contributed by atoms with Crippen LogP contribution < -0.4 is 5.73 Å². The summed E-state index contributed by atoms with van der Waals surface area (Å²) < 4.78 is 0. The van der Waals surface area contributed by atoms with E-state index < -0.39 is 0 Å². The Labute approximate surface area is 123 Å². The van der Waals surface area contributed by atoms with Gasteiger partial charge in [0.25, 0.3) is 0 Å². The Balaban J connectivity index is 2.15. The van der Waals surface area contributed by atoms with Crippen LogP contribution in [0.4, 0.5) is 0 Å². The standard InChI is InChI=1S/C17H15ClN2/c1-11-8-13(10-14(18)9-11)16(19)15-6-2-4-12-5-3-7-20-17(12)15/h2-10,16H,19H2,1H3. The second-order valence-electron chi connectivity index (χ2n) is 4.96. The molecule has 20 heavy (non-hydrogen) atoms. The van der Waals surface area contributed by atoms with Crippen molar-refractivity contribution in [3.63, 3.8) is 0 Å². The van der Waals surface area contributed by atoms with Gasteiger partial charge in [0.15, 0.2) is 0 Å². The van der Waals surface area contributed by atoms with Gasteiger partial charge in [-0.05, 0) is 41.8 Å². The van der Waals surface area contributed by atoms with Gasteiger partial charge in [-0.3, -0.25) is 4.98 Å². The highest BCUT2D eigenvalue weighted by atomic mass is 35.5. The molecule has 1 atom stereocenters. The number of aryl methyl sites for hydroxylation is 1. The Morgan fingerprint density at radius 1 is 1.10 bits per heavy atom. The molecule has 0 saturated heterocycles. The molecule has 3 rings (SSSR count). The Hall–Kier alpha value is -1.90. The Bertz CT molecular complexity index is 742. The summed E-state index contributed by atoms with van der Waals surface area (Å²) in [6, 6.07) is 15.7. The van der Waals surface area contributed by atoms with Crippen LogP contribution in [0, 0.1) is 6.92 Å². The molecule has 0 amide bonds. The van der Waals surface area contributed by atoms with E-state index in [4.69, 9.17) is 17.3 Å². The normalized spacial score (nSPS) is 12.6. The number of halogens is 1. The Kier molecular flexibility index (Phi) is 3.43. The van der Waals surface area contributed by atoms with Crippen molar-refractivity contribution in [3.8, 4) is 0 Å². The maximum absolute atomic E-state index is 6.42. The number of fused-ring (bicyclic) bond motifs is 1. The van der Waals surface area contributed by atoms with Crippen LogP contribution in [-0.4, -0.2) is 4.98 Å². The van der Waals surface area contributed by atoms with Gasteiger partial charge in [-0.2, -0.15) is 0 Å². The van der Waals surface area contributed by atoms with Crippen LogP contribution in [0.15, 0.2) is 54.7 Å². The molecule has 0 aliphatic carbocycles. The average molecular weight is 283 g/mol. The second-order valence-corrected chi connectivity index (χ2v) is 5.40. The van der Waals surface area contributed by atoms with Crippen molar-refractivity contribution in [2.75, 3.05) is 0 Å². The number of nitrogens with two attached hydrogens (primary N) is 1. The van der Waals surface area contributed by atoms with Crippen LogP contribution in [0.5, 0.6) is 0 Å². The van der Waals surface area contributed by atoms with E-state index in [0.717, 1.165) is 27.6 Å². The Morgan fingerprint density at radius 3 is 2.70 bits per heavy atom. The van der Waals surface area contributed by atoms with Crippen LogP contribution in [0.2, 0.25) is 5.02 Å². The molecule has 0 fully saturated rings. The third kappa shape index (κ3) is 2.40. The number of aromatic nitrogens is 1. The molecular weight excluding hydrogens is 268 g/mol. The molecule has 1 unspecified atom stereocenters. The highest BCUT2D eigenvalue weighted by Gasteiger charge is 2.13. The minimum Gasteiger partial charge on any atom is -0.320 e. The molecular formula is C17H15ClN2. The lowest BCUT2D eigenvalue weighted by Crippen LogP contribution is -2.13. The fourth-order valence-corrected chi connectivity index (χ4v) is 2.80. The van der Waals surface area contributed by atoms with Crippen LogP contribution >= 0.6 is 11.6 Å². The summed E-state index contributed by atoms with van der Waals surface area (Å²) in [5.74, 6) is 0. The number of nitrogens with zero attached hydrogens (tertiary/aromatic N) is 1. The summed E-state index contributed by atoms with van der Waals surface area (Å²) in [5, 5.41) is 1.81. The van der Waals surface area contributed by atoms with Crippen LogP contribution in [0.25, 0.3) is 10.9 Å². The number of hydrogen-bond acceptors (Lipinski definition) is 2. The first-order valence-electron chi connectivity index (χ1n) is 6.51. The number of pyridine rings is 1. The highest BCUT2D eigenvalue weighted by molar-refractivity contribution is 6.30. The number of benzene rings is 2. The highest BCUT2D eigenvalue weighted by Crippen LogP contribution is 2.28. The van der Waals surface area contributed by atoms with Gasteiger partial charge in [0.2, 0.25) is 0 Å². The number of rotatable bonds is 2. The topological polar surface area (TPSA) is 38.9 Å². The first kappa shape index (κ1) is 13.1. The molecule has 2 N–H and O–H groups in total. The quantitative estimate of drug-likeness (QED) is 0.763. The number of para-hydroxylation sites is 1. The fourth-order valence-electron chi connectivity index (χ4n) is 2.50. The van der Waals surface area contributed by atoms with Crippen LogP contribution in [0.1, 0.15) is 22.7 Å². The predicted molar refractivity (Wildman–Crippen MR) is 84.0 cm³/mol. The number of hydrogen-bond donors (Lipinski definition) is 1. The summed E-state index contributed by atoms with van der Waals surface area (Å²) in [5.41, 5.74) is 10.5. The average Bonchev–Trinajstić information content (AvgIpc) is 2.45. The molecule has 0 saturated carbocycles. The van der Waals surface area contributed by atoms with E-state index in [1.54, 1.807) is 6.20 Å². The van der Waals surface area contributed by atoms with Crippen molar-refractivity contribution >= 4 is 22.5 Å². The van der Waals surface area contributed by atoms with Gasteiger partial charge in [-0.1, -0.05) is 41.9 Å². The summed E-state index contributed by atoms with van der Waals surface area (Å²) in [6.45, 7) is 2.02. The summed E-state index contributed by atoms with van der Waals surface area (Å²) >= 11 is 6.13. The first-order chi connectivity index (χ1) is 9.65. The molecule has 0 aliphatic rings. The summed E-state index contributed by atoms with van der Waals surface area (Å²) in [7, 11) is 0. The van der Waals surface area contributed by atoms with Gasteiger partial charge >= 0.3 is 0 Å². The van der Waals surface area contributed by atoms with E-state index in [2.05, 4.69) is 11.1 Å². The molecule has 2 aromatic carbocycles. The molecule has 2 nitrogen and oxygen atoms in total. The zero-order chi connectivity index (χ0) is 14.1. The summed E-state index contributed by atoms with van der Waals surface area (Å²) in [4.78, 5) is 4.46. The molecule has 0 spiro atoms. The molecule has 100 valence electrons. The van der Waals surface area contributed by atoms with Gasteiger partial charge in [-0.25, -0.2) is 0 Å². The lowest BCUT2D eigenvalue weighted by molar-refractivity contribution is 0.875. The van der Waals surface area contributed by atoms with Crippen LogP contribution in [-0.2, 0) is 0 Å². The van der Waals surface area contributed by atoms with E-state index in [1.165, 1.54) is 0 Å². The zero-order valence-corrected chi connectivity index (χ0v) is 11.9. The van der Waals surface area contributed by atoms with Gasteiger partial charge in [0.05, 0.1) is 11.6 Å².